The zero-order chi connectivity index (χ0) is 20.8. The van der Waals surface area contributed by atoms with Crippen molar-refractivity contribution in [3.63, 3.8) is 0 Å². The molecule has 0 radical (unpaired) electrons. The van der Waals surface area contributed by atoms with E-state index in [-0.39, 0.29) is 5.56 Å². The van der Waals surface area contributed by atoms with Crippen molar-refractivity contribution in [2.45, 2.75) is 31.6 Å². The molecule has 8 nitrogen and oxygen atoms in total. The van der Waals surface area contributed by atoms with Gasteiger partial charge in [0.1, 0.15) is 5.69 Å². The van der Waals surface area contributed by atoms with Gasteiger partial charge in [0.15, 0.2) is 0 Å². The Balaban J connectivity index is 1.28. The summed E-state index contributed by atoms with van der Waals surface area (Å²) in [5.74, 6) is 1.35. The van der Waals surface area contributed by atoms with Crippen molar-refractivity contribution >= 4 is 11.4 Å². The molecule has 2 aliphatic carbocycles. The molecule has 156 valence electrons. The Bertz CT molecular complexity index is 1150. The highest BCUT2D eigenvalue weighted by molar-refractivity contribution is 5.60. The minimum Gasteiger partial charge on any atom is -0.476 e. The minimum atomic E-state index is -0.180. The van der Waals surface area contributed by atoms with Crippen LogP contribution >= 0.6 is 0 Å². The SMILES string of the molecule is CN(c1cnn(C)c1)c1cc(OC[C@H]2C[C@@H]2c2ccc3c(n2)CCC3)nn(C)c1=O. The van der Waals surface area contributed by atoms with Crippen molar-refractivity contribution < 1.29 is 4.74 Å². The summed E-state index contributed by atoms with van der Waals surface area (Å²) >= 11 is 0. The Morgan fingerprint density at radius 1 is 1.27 bits per heavy atom. The maximum Gasteiger partial charge on any atom is 0.290 e. The van der Waals surface area contributed by atoms with Crippen LogP contribution in [0.3, 0.4) is 0 Å². The third-order valence-corrected chi connectivity index (χ3v) is 6.16. The van der Waals surface area contributed by atoms with Crippen LogP contribution in [0, 0.1) is 5.92 Å². The summed E-state index contributed by atoms with van der Waals surface area (Å²) in [6, 6.07) is 6.14. The van der Waals surface area contributed by atoms with E-state index < -0.39 is 0 Å². The first-order valence-electron chi connectivity index (χ1n) is 10.4. The highest BCUT2D eigenvalue weighted by Gasteiger charge is 2.40. The van der Waals surface area contributed by atoms with Crippen LogP contribution in [-0.4, -0.2) is 38.2 Å². The first kappa shape index (κ1) is 18.8. The lowest BCUT2D eigenvalue weighted by atomic mass is 10.1. The zero-order valence-corrected chi connectivity index (χ0v) is 17.6. The molecule has 3 aromatic rings. The van der Waals surface area contributed by atoms with E-state index in [1.165, 1.54) is 28.1 Å². The van der Waals surface area contributed by atoms with Gasteiger partial charge in [-0.3, -0.25) is 14.5 Å². The summed E-state index contributed by atoms with van der Waals surface area (Å²) in [6.45, 7) is 0.574. The molecular formula is C22H26N6O2. The van der Waals surface area contributed by atoms with Gasteiger partial charge in [0.25, 0.3) is 5.56 Å². The van der Waals surface area contributed by atoms with Crippen molar-refractivity contribution in [3.05, 3.63) is 57.9 Å². The van der Waals surface area contributed by atoms with Crippen LogP contribution in [0.15, 0.2) is 35.4 Å². The minimum absolute atomic E-state index is 0.180. The summed E-state index contributed by atoms with van der Waals surface area (Å²) in [6.07, 6.45) is 8.15. The van der Waals surface area contributed by atoms with Crippen LogP contribution in [-0.2, 0) is 26.9 Å². The van der Waals surface area contributed by atoms with E-state index in [1.807, 2.05) is 20.3 Å². The zero-order valence-electron chi connectivity index (χ0n) is 17.6. The molecule has 0 N–H and O–H groups in total. The first-order valence-corrected chi connectivity index (χ1v) is 10.4. The second-order valence-corrected chi connectivity index (χ2v) is 8.34. The van der Waals surface area contributed by atoms with Crippen LogP contribution < -0.4 is 15.2 Å². The number of ether oxygens (including phenoxy) is 1. The number of nitrogens with zero attached hydrogens (tertiary/aromatic N) is 6. The Kier molecular flexibility index (Phi) is 4.56. The van der Waals surface area contributed by atoms with Crippen molar-refractivity contribution in [3.8, 4) is 5.88 Å². The third kappa shape index (κ3) is 3.46. The molecule has 0 bridgehead atoms. The van der Waals surface area contributed by atoms with Crippen molar-refractivity contribution in [2.75, 3.05) is 18.6 Å². The van der Waals surface area contributed by atoms with Crippen LogP contribution in [0.5, 0.6) is 5.88 Å². The second kappa shape index (κ2) is 7.27. The predicted molar refractivity (Wildman–Crippen MR) is 113 cm³/mol. The molecule has 3 aromatic heterocycles. The number of anilines is 2. The van der Waals surface area contributed by atoms with Gasteiger partial charge in [0.2, 0.25) is 5.88 Å². The number of rotatable bonds is 6. The molecule has 5 rings (SSSR count). The fourth-order valence-electron chi connectivity index (χ4n) is 4.23. The molecule has 8 heteroatoms. The topological polar surface area (TPSA) is 78.1 Å². The molecule has 1 saturated carbocycles. The molecule has 0 aliphatic heterocycles. The van der Waals surface area contributed by atoms with E-state index >= 15 is 0 Å². The molecular weight excluding hydrogens is 380 g/mol. The Labute approximate surface area is 175 Å². The van der Waals surface area contributed by atoms with Crippen molar-refractivity contribution in [1.82, 2.24) is 24.5 Å². The summed E-state index contributed by atoms with van der Waals surface area (Å²) in [5.41, 5.74) is 5.03. The fourth-order valence-corrected chi connectivity index (χ4v) is 4.23. The van der Waals surface area contributed by atoms with E-state index in [0.717, 1.165) is 24.9 Å². The summed E-state index contributed by atoms with van der Waals surface area (Å²) in [4.78, 5) is 19.3. The highest BCUT2D eigenvalue weighted by atomic mass is 16.5. The summed E-state index contributed by atoms with van der Waals surface area (Å²) in [7, 11) is 5.33. The van der Waals surface area contributed by atoms with E-state index in [9.17, 15) is 4.79 Å². The van der Waals surface area contributed by atoms with Crippen molar-refractivity contribution in [1.29, 1.82) is 0 Å². The average molecular weight is 406 g/mol. The van der Waals surface area contributed by atoms with Crippen LogP contribution in [0.2, 0.25) is 0 Å². The average Bonchev–Trinajstić information content (AvgIpc) is 3.13. The Morgan fingerprint density at radius 2 is 2.13 bits per heavy atom. The van der Waals surface area contributed by atoms with Gasteiger partial charge < -0.3 is 9.64 Å². The lowest BCUT2D eigenvalue weighted by molar-refractivity contribution is 0.278. The first-order chi connectivity index (χ1) is 14.5. The van der Waals surface area contributed by atoms with Gasteiger partial charge >= 0.3 is 0 Å². The Morgan fingerprint density at radius 3 is 2.93 bits per heavy atom. The molecule has 0 spiro atoms. The van der Waals surface area contributed by atoms with E-state index in [1.54, 1.807) is 28.9 Å². The molecule has 0 saturated heterocycles. The van der Waals surface area contributed by atoms with Gasteiger partial charge in [-0.05, 0) is 37.3 Å². The maximum absolute atomic E-state index is 12.6. The molecule has 30 heavy (non-hydrogen) atoms. The van der Waals surface area contributed by atoms with Gasteiger partial charge in [0, 0.05) is 56.6 Å². The molecule has 1 fully saturated rings. The van der Waals surface area contributed by atoms with Gasteiger partial charge in [0.05, 0.1) is 18.5 Å². The van der Waals surface area contributed by atoms with Crippen LogP contribution in [0.25, 0.3) is 0 Å². The molecule has 0 unspecified atom stereocenters. The highest BCUT2D eigenvalue weighted by Crippen LogP contribution is 2.47. The molecule has 3 heterocycles. The number of hydrogen-bond acceptors (Lipinski definition) is 6. The third-order valence-electron chi connectivity index (χ3n) is 6.16. The molecule has 0 amide bonds. The van der Waals surface area contributed by atoms with Gasteiger partial charge in [-0.25, -0.2) is 4.68 Å². The normalized spacial score (nSPS) is 19.6. The molecule has 0 aromatic carbocycles. The number of pyridine rings is 1. The van der Waals surface area contributed by atoms with Crippen LogP contribution in [0.1, 0.15) is 35.7 Å². The maximum atomic E-state index is 12.6. The largest absolute Gasteiger partial charge is 0.476 e. The smallest absolute Gasteiger partial charge is 0.290 e. The Hall–Kier alpha value is -3.16. The van der Waals surface area contributed by atoms with E-state index in [4.69, 9.17) is 9.72 Å². The monoisotopic (exact) mass is 406 g/mol. The number of aryl methyl sites for hydroxylation is 4. The molecule has 2 aliphatic rings. The van der Waals surface area contributed by atoms with Gasteiger partial charge in [-0.15, -0.1) is 5.10 Å². The summed E-state index contributed by atoms with van der Waals surface area (Å²) in [5, 5.41) is 8.46. The summed E-state index contributed by atoms with van der Waals surface area (Å²) < 4.78 is 9.02. The fraction of sp³-hybridized carbons (Fsp3) is 0.455. The van der Waals surface area contributed by atoms with Gasteiger partial charge in [-0.1, -0.05) is 6.07 Å². The lowest BCUT2D eigenvalue weighted by Gasteiger charge is -2.17. The second-order valence-electron chi connectivity index (χ2n) is 8.34. The van der Waals surface area contributed by atoms with Crippen molar-refractivity contribution in [2.24, 2.45) is 20.0 Å². The number of aromatic nitrogens is 5. The number of fused-ring (bicyclic) bond motifs is 1. The lowest BCUT2D eigenvalue weighted by Crippen LogP contribution is -2.27. The van der Waals surface area contributed by atoms with Gasteiger partial charge in [-0.2, -0.15) is 5.10 Å². The predicted octanol–water partition coefficient (Wildman–Crippen LogP) is 2.35. The van der Waals surface area contributed by atoms with E-state index in [2.05, 4.69) is 22.3 Å². The quantitative estimate of drug-likeness (QED) is 0.625. The van der Waals surface area contributed by atoms with Crippen LogP contribution in [0.4, 0.5) is 11.4 Å². The molecule has 2 atom stereocenters. The number of hydrogen-bond donors (Lipinski definition) is 0. The standard InChI is InChI=1S/C22H26N6O2/c1-26-12-16(11-23-26)27(2)20-10-21(25-28(3)22(20)29)30-13-15-9-17(15)19-8-7-14-5-4-6-18(14)24-19/h7-8,10-12,15,17H,4-6,9,13H2,1-3H3/t15-,17+/m1/s1. The van der Waals surface area contributed by atoms with E-state index in [0.29, 0.717) is 30.0 Å².